The van der Waals surface area contributed by atoms with Gasteiger partial charge in [0.2, 0.25) is 5.95 Å². The summed E-state index contributed by atoms with van der Waals surface area (Å²) in [6.45, 7) is 0. The van der Waals surface area contributed by atoms with Gasteiger partial charge in [-0.05, 0) is 29.8 Å². The van der Waals surface area contributed by atoms with Crippen LogP contribution < -0.4 is 5.73 Å². The van der Waals surface area contributed by atoms with Crippen LogP contribution in [-0.2, 0) is 0 Å². The summed E-state index contributed by atoms with van der Waals surface area (Å²) < 4.78 is 5.38. The molecular formula is C13H10N4O. The molecule has 0 amide bonds. The Morgan fingerprint density at radius 1 is 1.11 bits per heavy atom. The fourth-order valence-electron chi connectivity index (χ4n) is 1.74. The molecule has 0 aliphatic carbocycles. The van der Waals surface area contributed by atoms with Gasteiger partial charge in [-0.1, -0.05) is 0 Å². The van der Waals surface area contributed by atoms with Crippen molar-refractivity contribution < 1.29 is 4.42 Å². The molecule has 5 nitrogen and oxygen atoms in total. The highest BCUT2D eigenvalue weighted by Crippen LogP contribution is 2.30. The Bertz CT molecular complexity index is 650. The first-order valence-corrected chi connectivity index (χ1v) is 5.41. The lowest BCUT2D eigenvalue weighted by atomic mass is 10.1. The van der Waals surface area contributed by atoms with Crippen LogP contribution in [0.2, 0.25) is 0 Å². The summed E-state index contributed by atoms with van der Waals surface area (Å²) in [6.07, 6.45) is 6.73. The number of anilines is 1. The van der Waals surface area contributed by atoms with Gasteiger partial charge in [-0.25, -0.2) is 9.97 Å². The highest BCUT2D eigenvalue weighted by Gasteiger charge is 2.12. The van der Waals surface area contributed by atoms with Crippen molar-refractivity contribution >= 4 is 5.95 Å². The molecule has 3 aromatic rings. The number of furan rings is 1. The number of hydrogen-bond acceptors (Lipinski definition) is 5. The Labute approximate surface area is 103 Å². The molecule has 3 rings (SSSR count). The maximum atomic E-state index is 5.64. The van der Waals surface area contributed by atoms with Crippen LogP contribution in [0.5, 0.6) is 0 Å². The first-order valence-electron chi connectivity index (χ1n) is 5.41. The van der Waals surface area contributed by atoms with Crippen molar-refractivity contribution in [1.82, 2.24) is 15.0 Å². The number of nitrogens with zero attached hydrogens (tertiary/aromatic N) is 3. The molecule has 0 fully saturated rings. The monoisotopic (exact) mass is 238 g/mol. The Hall–Kier alpha value is -2.69. The van der Waals surface area contributed by atoms with Crippen LogP contribution in [-0.4, -0.2) is 15.0 Å². The largest absolute Gasteiger partial charge is 0.463 e. The molecule has 0 saturated carbocycles. The molecule has 3 heterocycles. The molecule has 0 aliphatic rings. The average Bonchev–Trinajstić information content (AvgIpc) is 2.93. The number of nitrogens with two attached hydrogens (primary N) is 1. The van der Waals surface area contributed by atoms with Gasteiger partial charge in [0.1, 0.15) is 5.69 Å². The van der Waals surface area contributed by atoms with Gasteiger partial charge in [-0.2, -0.15) is 0 Å². The van der Waals surface area contributed by atoms with E-state index in [0.29, 0.717) is 11.5 Å². The molecule has 5 heteroatoms. The van der Waals surface area contributed by atoms with E-state index in [4.69, 9.17) is 10.2 Å². The van der Waals surface area contributed by atoms with E-state index in [0.717, 1.165) is 11.1 Å². The fourth-order valence-corrected chi connectivity index (χ4v) is 1.74. The van der Waals surface area contributed by atoms with Crippen molar-refractivity contribution in [2.45, 2.75) is 0 Å². The summed E-state index contributed by atoms with van der Waals surface area (Å²) in [7, 11) is 0. The van der Waals surface area contributed by atoms with Gasteiger partial charge in [0.05, 0.1) is 6.26 Å². The fraction of sp³-hybridized carbons (Fsp3) is 0. The zero-order chi connectivity index (χ0) is 12.4. The van der Waals surface area contributed by atoms with Crippen molar-refractivity contribution in [2.24, 2.45) is 0 Å². The molecule has 0 radical (unpaired) electrons. The van der Waals surface area contributed by atoms with Crippen LogP contribution in [0, 0.1) is 0 Å². The minimum absolute atomic E-state index is 0.221. The van der Waals surface area contributed by atoms with Crippen LogP contribution in [0.4, 0.5) is 5.95 Å². The van der Waals surface area contributed by atoms with E-state index in [1.54, 1.807) is 24.9 Å². The smallest absolute Gasteiger partial charge is 0.220 e. The Kier molecular flexibility index (Phi) is 2.49. The number of nitrogen functional groups attached to an aromatic ring is 1. The molecule has 0 bridgehead atoms. The SMILES string of the molecule is Nc1ncc(-c2ccncc2)c(-c2ccco2)n1. The zero-order valence-electron chi connectivity index (χ0n) is 9.45. The van der Waals surface area contributed by atoms with Crippen LogP contribution in [0.1, 0.15) is 0 Å². The van der Waals surface area contributed by atoms with E-state index < -0.39 is 0 Å². The second-order valence-corrected chi connectivity index (χ2v) is 3.70. The lowest BCUT2D eigenvalue weighted by molar-refractivity contribution is 0.580. The highest BCUT2D eigenvalue weighted by atomic mass is 16.3. The summed E-state index contributed by atoms with van der Waals surface area (Å²) in [4.78, 5) is 12.3. The first kappa shape index (κ1) is 10.5. The van der Waals surface area contributed by atoms with Crippen LogP contribution in [0.3, 0.4) is 0 Å². The maximum absolute atomic E-state index is 5.64. The van der Waals surface area contributed by atoms with Gasteiger partial charge in [-0.3, -0.25) is 4.98 Å². The maximum Gasteiger partial charge on any atom is 0.220 e. The van der Waals surface area contributed by atoms with Gasteiger partial charge < -0.3 is 10.2 Å². The standard InChI is InChI=1S/C13H10N4O/c14-13-16-8-10(9-3-5-15-6-4-9)12(17-13)11-2-1-7-18-11/h1-8H,(H2,14,16,17). The molecule has 0 unspecified atom stereocenters. The molecule has 2 N–H and O–H groups in total. The quantitative estimate of drug-likeness (QED) is 0.741. The van der Waals surface area contributed by atoms with Crippen LogP contribution in [0.25, 0.3) is 22.6 Å². The number of hydrogen-bond donors (Lipinski definition) is 1. The van der Waals surface area contributed by atoms with Gasteiger partial charge in [0.25, 0.3) is 0 Å². The van der Waals surface area contributed by atoms with E-state index in [9.17, 15) is 0 Å². The number of pyridine rings is 1. The molecule has 0 aromatic carbocycles. The summed E-state index contributed by atoms with van der Waals surface area (Å²) in [6, 6.07) is 7.43. The van der Waals surface area contributed by atoms with E-state index in [2.05, 4.69) is 15.0 Å². The Morgan fingerprint density at radius 2 is 1.94 bits per heavy atom. The Morgan fingerprint density at radius 3 is 2.67 bits per heavy atom. The van der Waals surface area contributed by atoms with Gasteiger partial charge in [0, 0.05) is 24.2 Å². The lowest BCUT2D eigenvalue weighted by Crippen LogP contribution is -1.98. The second-order valence-electron chi connectivity index (χ2n) is 3.70. The lowest BCUT2D eigenvalue weighted by Gasteiger charge is -2.06. The van der Waals surface area contributed by atoms with Crippen LogP contribution in [0.15, 0.2) is 53.5 Å². The Balaban J connectivity index is 2.21. The van der Waals surface area contributed by atoms with Gasteiger partial charge >= 0.3 is 0 Å². The molecule has 18 heavy (non-hydrogen) atoms. The minimum Gasteiger partial charge on any atom is -0.463 e. The van der Waals surface area contributed by atoms with Crippen molar-refractivity contribution in [3.05, 3.63) is 49.1 Å². The van der Waals surface area contributed by atoms with Gasteiger partial charge in [0.15, 0.2) is 5.76 Å². The predicted molar refractivity (Wildman–Crippen MR) is 67.4 cm³/mol. The molecule has 0 spiro atoms. The zero-order valence-corrected chi connectivity index (χ0v) is 9.45. The third-order valence-electron chi connectivity index (χ3n) is 2.55. The minimum atomic E-state index is 0.221. The van der Waals surface area contributed by atoms with Crippen molar-refractivity contribution in [3.8, 4) is 22.6 Å². The van der Waals surface area contributed by atoms with Crippen molar-refractivity contribution in [2.75, 3.05) is 5.73 Å². The van der Waals surface area contributed by atoms with Crippen LogP contribution >= 0.6 is 0 Å². The third kappa shape index (κ3) is 1.82. The van der Waals surface area contributed by atoms with Gasteiger partial charge in [-0.15, -0.1) is 0 Å². The molecule has 0 aliphatic heterocycles. The first-order chi connectivity index (χ1) is 8.84. The molecule has 3 aromatic heterocycles. The third-order valence-corrected chi connectivity index (χ3v) is 2.55. The second kappa shape index (κ2) is 4.29. The van der Waals surface area contributed by atoms with Crippen molar-refractivity contribution in [3.63, 3.8) is 0 Å². The molecule has 0 saturated heterocycles. The average molecular weight is 238 g/mol. The molecular weight excluding hydrogens is 228 g/mol. The van der Waals surface area contributed by atoms with E-state index in [1.807, 2.05) is 24.3 Å². The molecule has 0 atom stereocenters. The summed E-state index contributed by atoms with van der Waals surface area (Å²) in [5.74, 6) is 0.884. The van der Waals surface area contributed by atoms with E-state index in [1.165, 1.54) is 0 Å². The topological polar surface area (TPSA) is 77.8 Å². The number of aromatic nitrogens is 3. The summed E-state index contributed by atoms with van der Waals surface area (Å²) >= 11 is 0. The summed E-state index contributed by atoms with van der Waals surface area (Å²) in [5.41, 5.74) is 8.15. The van der Waals surface area contributed by atoms with E-state index >= 15 is 0 Å². The predicted octanol–water partition coefficient (Wildman–Crippen LogP) is 2.38. The van der Waals surface area contributed by atoms with Crippen molar-refractivity contribution in [1.29, 1.82) is 0 Å². The highest BCUT2D eigenvalue weighted by molar-refractivity contribution is 5.78. The summed E-state index contributed by atoms with van der Waals surface area (Å²) in [5, 5.41) is 0. The normalized spacial score (nSPS) is 10.4. The number of rotatable bonds is 2. The van der Waals surface area contributed by atoms with E-state index in [-0.39, 0.29) is 5.95 Å². The molecule has 88 valence electrons.